The average Bonchev–Trinajstić information content (AvgIpc) is 3.47. The van der Waals surface area contributed by atoms with Crippen LogP contribution in [0.5, 0.6) is 0 Å². The van der Waals surface area contributed by atoms with Crippen LogP contribution in [0.1, 0.15) is 31.7 Å². The van der Waals surface area contributed by atoms with E-state index in [-0.39, 0.29) is 15.9 Å². The van der Waals surface area contributed by atoms with E-state index < -0.39 is 72.6 Å². The fourth-order valence-corrected chi connectivity index (χ4v) is 5.96. The van der Waals surface area contributed by atoms with Crippen molar-refractivity contribution >= 4 is 27.5 Å². The Morgan fingerprint density at radius 1 is 1.12 bits per heavy atom. The lowest BCUT2D eigenvalue weighted by Gasteiger charge is -2.46. The highest BCUT2D eigenvalue weighted by molar-refractivity contribution is 9.10. The first-order valence-corrected chi connectivity index (χ1v) is 14.2. The van der Waals surface area contributed by atoms with E-state index in [0.29, 0.717) is 24.8 Å². The summed E-state index contributed by atoms with van der Waals surface area (Å²) in [7, 11) is 1.30. The molecule has 1 aromatic heterocycles. The number of ether oxygens (including phenoxy) is 2. The van der Waals surface area contributed by atoms with Gasteiger partial charge in [0.1, 0.15) is 35.9 Å². The lowest BCUT2D eigenvalue weighted by Crippen LogP contribution is -2.63. The maximum absolute atomic E-state index is 14.4. The summed E-state index contributed by atoms with van der Waals surface area (Å²) >= 11 is 3.10. The standard InChI is InChI=1S/C28H30BrF3N4O6/c1-41-26-24(35-12-20(33-34-35)14-6-8-16(29)18(31)10-14)25(39)23(13-37)42-27(26)28(40)36(21-4-2-3-5-22(21)38)15-7-9-17(30)19(32)11-15/h6-12,21-27,37-39H,2-5,13H2,1H3/t21-,22-,23+,24-,25-,26+,27+/m0/s1. The number of aliphatic hydroxyl groups excluding tert-OH is 3. The van der Waals surface area contributed by atoms with Crippen LogP contribution in [-0.4, -0.2) is 86.5 Å². The molecule has 1 saturated heterocycles. The minimum atomic E-state index is -1.47. The predicted octanol–water partition coefficient (Wildman–Crippen LogP) is 3.14. The first-order chi connectivity index (χ1) is 20.1. The molecule has 0 spiro atoms. The third-order valence-corrected chi connectivity index (χ3v) is 8.50. The molecular weight excluding hydrogens is 625 g/mol. The average molecular weight is 655 g/mol. The number of carbonyl (C=O) groups is 1. The van der Waals surface area contributed by atoms with Crippen molar-refractivity contribution in [1.82, 2.24) is 15.0 Å². The van der Waals surface area contributed by atoms with Gasteiger partial charge >= 0.3 is 0 Å². The summed E-state index contributed by atoms with van der Waals surface area (Å²) in [6, 6.07) is 5.49. The van der Waals surface area contributed by atoms with Gasteiger partial charge in [0.2, 0.25) is 0 Å². The molecule has 5 rings (SSSR count). The summed E-state index contributed by atoms with van der Waals surface area (Å²) in [5, 5.41) is 40.3. The topological polar surface area (TPSA) is 130 Å². The Kier molecular flexibility index (Phi) is 9.30. The van der Waals surface area contributed by atoms with Crippen LogP contribution in [0.25, 0.3) is 11.3 Å². The van der Waals surface area contributed by atoms with Gasteiger partial charge in [-0.15, -0.1) is 5.10 Å². The number of methoxy groups -OCH3 is 1. The van der Waals surface area contributed by atoms with E-state index >= 15 is 0 Å². The van der Waals surface area contributed by atoms with E-state index in [0.717, 1.165) is 18.6 Å². The van der Waals surface area contributed by atoms with E-state index in [1.165, 1.54) is 41.1 Å². The zero-order valence-corrected chi connectivity index (χ0v) is 24.1. The van der Waals surface area contributed by atoms with Crippen LogP contribution >= 0.6 is 15.9 Å². The molecule has 0 unspecified atom stereocenters. The largest absolute Gasteiger partial charge is 0.394 e. The third-order valence-electron chi connectivity index (χ3n) is 7.86. The molecule has 10 nitrogen and oxygen atoms in total. The van der Waals surface area contributed by atoms with Gasteiger partial charge in [-0.3, -0.25) is 4.79 Å². The fraction of sp³-hybridized carbons (Fsp3) is 0.464. The quantitative estimate of drug-likeness (QED) is 0.354. The summed E-state index contributed by atoms with van der Waals surface area (Å²) in [6.45, 7) is -0.672. The van der Waals surface area contributed by atoms with Gasteiger partial charge in [0.05, 0.1) is 29.4 Å². The second-order valence-electron chi connectivity index (χ2n) is 10.4. The lowest BCUT2D eigenvalue weighted by molar-refractivity contribution is -0.211. The highest BCUT2D eigenvalue weighted by Gasteiger charge is 2.52. The van der Waals surface area contributed by atoms with E-state index in [1.54, 1.807) is 6.07 Å². The molecule has 0 radical (unpaired) electrons. The molecule has 2 fully saturated rings. The number of hydrogen-bond acceptors (Lipinski definition) is 8. The van der Waals surface area contributed by atoms with Crippen molar-refractivity contribution in [3.05, 3.63) is 64.5 Å². The number of hydrogen-bond donors (Lipinski definition) is 3. The van der Waals surface area contributed by atoms with E-state index in [2.05, 4.69) is 26.2 Å². The van der Waals surface area contributed by atoms with Crippen molar-refractivity contribution in [3.8, 4) is 11.3 Å². The summed E-state index contributed by atoms with van der Waals surface area (Å²) in [6.07, 6.45) is -2.66. The number of anilines is 1. The van der Waals surface area contributed by atoms with Gasteiger partial charge < -0.3 is 29.7 Å². The van der Waals surface area contributed by atoms with Crippen LogP contribution in [0.3, 0.4) is 0 Å². The van der Waals surface area contributed by atoms with Crippen molar-refractivity contribution in [2.24, 2.45) is 0 Å². The summed E-state index contributed by atoms with van der Waals surface area (Å²) in [5.74, 6) is -3.54. The van der Waals surface area contributed by atoms with Crippen molar-refractivity contribution in [2.45, 2.75) is 68.3 Å². The Labute approximate surface area is 247 Å². The van der Waals surface area contributed by atoms with Crippen molar-refractivity contribution in [3.63, 3.8) is 0 Å². The second-order valence-corrected chi connectivity index (χ2v) is 11.3. The van der Waals surface area contributed by atoms with Crippen LogP contribution in [0.2, 0.25) is 0 Å². The first kappa shape index (κ1) is 30.6. The zero-order valence-electron chi connectivity index (χ0n) is 22.5. The maximum Gasteiger partial charge on any atom is 0.259 e. The fourth-order valence-electron chi connectivity index (χ4n) is 5.72. The van der Waals surface area contributed by atoms with Crippen LogP contribution in [0.4, 0.5) is 18.9 Å². The Balaban J connectivity index is 1.53. The molecule has 1 aliphatic carbocycles. The summed E-state index contributed by atoms with van der Waals surface area (Å²) < 4.78 is 55.5. The third kappa shape index (κ3) is 5.83. The lowest BCUT2D eigenvalue weighted by atomic mass is 9.88. The molecule has 2 heterocycles. The molecule has 1 saturated carbocycles. The molecule has 0 bridgehead atoms. The van der Waals surface area contributed by atoms with Gasteiger partial charge in [-0.25, -0.2) is 17.9 Å². The summed E-state index contributed by atoms with van der Waals surface area (Å²) in [4.78, 5) is 15.5. The van der Waals surface area contributed by atoms with Crippen molar-refractivity contribution in [2.75, 3.05) is 18.6 Å². The number of carbonyl (C=O) groups excluding carboxylic acids is 1. The van der Waals surface area contributed by atoms with Gasteiger partial charge in [0.15, 0.2) is 17.7 Å². The van der Waals surface area contributed by atoms with E-state index in [1.807, 2.05) is 0 Å². The minimum Gasteiger partial charge on any atom is -0.394 e. The van der Waals surface area contributed by atoms with Gasteiger partial charge in [-0.1, -0.05) is 24.1 Å². The minimum absolute atomic E-state index is 0.00632. The maximum atomic E-state index is 14.4. The van der Waals surface area contributed by atoms with Crippen LogP contribution in [0.15, 0.2) is 47.1 Å². The SMILES string of the molecule is CO[C@@H]1[C@@H](n2cc(-c3ccc(Br)c(F)c3)nn2)[C@@H](O)[C@@H](CO)O[C@H]1C(=O)N(c1ccc(F)c(F)c1)[C@H]1CCCC[C@@H]1O. The number of nitrogens with zero attached hydrogens (tertiary/aromatic N) is 4. The Morgan fingerprint density at radius 2 is 1.88 bits per heavy atom. The number of rotatable bonds is 7. The molecule has 3 aromatic rings. The van der Waals surface area contributed by atoms with Gasteiger partial charge in [0, 0.05) is 24.4 Å². The Morgan fingerprint density at radius 3 is 2.55 bits per heavy atom. The number of aromatic nitrogens is 3. The molecule has 14 heteroatoms. The summed E-state index contributed by atoms with van der Waals surface area (Å²) in [5.41, 5.74) is 0.679. The molecular formula is C28H30BrF3N4O6. The van der Waals surface area contributed by atoms with Gasteiger partial charge in [0.25, 0.3) is 5.91 Å². The monoisotopic (exact) mass is 654 g/mol. The first-order valence-electron chi connectivity index (χ1n) is 13.4. The van der Waals surface area contributed by atoms with E-state index in [4.69, 9.17) is 9.47 Å². The second kappa shape index (κ2) is 12.8. The molecule has 42 heavy (non-hydrogen) atoms. The van der Waals surface area contributed by atoms with Crippen molar-refractivity contribution in [1.29, 1.82) is 0 Å². The molecule has 2 aliphatic rings. The molecule has 2 aromatic carbocycles. The molecule has 3 N–H and O–H groups in total. The zero-order chi connectivity index (χ0) is 30.1. The number of halogens is 4. The Bertz CT molecular complexity index is 1430. The molecule has 1 aliphatic heterocycles. The van der Waals surface area contributed by atoms with E-state index in [9.17, 15) is 33.3 Å². The van der Waals surface area contributed by atoms with Crippen molar-refractivity contribution < 1.29 is 42.8 Å². The van der Waals surface area contributed by atoms with Crippen LogP contribution in [-0.2, 0) is 14.3 Å². The van der Waals surface area contributed by atoms with Crippen LogP contribution in [0, 0.1) is 17.5 Å². The Hall–Kier alpha value is -2.88. The highest BCUT2D eigenvalue weighted by atomic mass is 79.9. The highest BCUT2D eigenvalue weighted by Crippen LogP contribution is 2.36. The molecule has 1 amide bonds. The number of aliphatic hydroxyl groups is 3. The molecule has 226 valence electrons. The number of amides is 1. The van der Waals surface area contributed by atoms with Gasteiger partial charge in [-0.2, -0.15) is 0 Å². The normalized spacial score (nSPS) is 28.0. The van der Waals surface area contributed by atoms with Gasteiger partial charge in [-0.05, 0) is 53.0 Å². The number of benzene rings is 2. The predicted molar refractivity (Wildman–Crippen MR) is 147 cm³/mol. The molecule has 7 atom stereocenters. The van der Waals surface area contributed by atoms with Crippen LogP contribution < -0.4 is 4.90 Å². The smallest absolute Gasteiger partial charge is 0.259 e.